The monoisotopic (exact) mass is 344 g/mol. The van der Waals surface area contributed by atoms with Gasteiger partial charge in [0.2, 0.25) is 0 Å². The highest BCUT2D eigenvalue weighted by atomic mass is 79.9. The lowest BCUT2D eigenvalue weighted by molar-refractivity contribution is 0.416. The summed E-state index contributed by atoms with van der Waals surface area (Å²) >= 11 is 14.5. The van der Waals surface area contributed by atoms with E-state index in [-0.39, 0.29) is 0 Å². The zero-order chi connectivity index (χ0) is 13.3. The molecule has 2 rings (SSSR count). The van der Waals surface area contributed by atoms with Gasteiger partial charge in [0, 0.05) is 10.7 Å². The number of aromatic nitrogens is 2. The molecule has 0 aliphatic heterocycles. The van der Waals surface area contributed by atoms with Crippen LogP contribution in [-0.4, -0.2) is 17.1 Å². The van der Waals surface area contributed by atoms with Crippen molar-refractivity contribution < 1.29 is 4.74 Å². The van der Waals surface area contributed by atoms with Gasteiger partial charge in [-0.1, -0.05) is 23.8 Å². The quantitative estimate of drug-likeness (QED) is 0.812. The third kappa shape index (κ3) is 2.58. The van der Waals surface area contributed by atoms with Crippen LogP contribution in [0.1, 0.15) is 5.69 Å². The van der Waals surface area contributed by atoms with Crippen LogP contribution >= 0.6 is 39.7 Å². The molecule has 0 fully saturated rings. The number of halogens is 2. The van der Waals surface area contributed by atoms with Gasteiger partial charge >= 0.3 is 0 Å². The first-order valence-corrected chi connectivity index (χ1v) is 6.71. The summed E-state index contributed by atoms with van der Waals surface area (Å²) in [6, 6.07) is 5.38. The number of ether oxygens (including phenoxy) is 1. The first-order valence-electron chi connectivity index (χ1n) is 5.13. The standard InChI is InChI=1S/C12H10BrClN2OS/c1-6-10(13)12(18)16-11(15-6)8-4-3-7(14)5-9(8)17-2/h3-5H,1-2H3,(H,15,16,18). The van der Waals surface area contributed by atoms with E-state index in [9.17, 15) is 0 Å². The van der Waals surface area contributed by atoms with Gasteiger partial charge < -0.3 is 9.72 Å². The predicted molar refractivity (Wildman–Crippen MR) is 78.9 cm³/mol. The number of aryl methyl sites for hydroxylation is 1. The normalized spacial score (nSPS) is 10.4. The lowest BCUT2D eigenvalue weighted by Crippen LogP contribution is -1.96. The van der Waals surface area contributed by atoms with E-state index in [0.29, 0.717) is 21.2 Å². The number of methoxy groups -OCH3 is 1. The fourth-order valence-electron chi connectivity index (χ4n) is 1.56. The second kappa shape index (κ2) is 5.38. The van der Waals surface area contributed by atoms with Crippen molar-refractivity contribution in [2.75, 3.05) is 7.11 Å². The molecule has 0 saturated heterocycles. The summed E-state index contributed by atoms with van der Waals surface area (Å²) in [5, 5.41) is 0.614. The number of nitrogens with one attached hydrogen (secondary N) is 1. The Morgan fingerprint density at radius 3 is 2.78 bits per heavy atom. The Balaban J connectivity index is 2.66. The second-order valence-corrected chi connectivity index (χ2v) is 5.29. The molecule has 0 bridgehead atoms. The topological polar surface area (TPSA) is 37.9 Å². The fourth-order valence-corrected chi connectivity index (χ4v) is 2.15. The largest absolute Gasteiger partial charge is 0.496 e. The lowest BCUT2D eigenvalue weighted by Gasteiger charge is -2.10. The molecule has 2 aromatic rings. The Hall–Kier alpha value is -0.910. The van der Waals surface area contributed by atoms with Crippen molar-refractivity contribution in [3.05, 3.63) is 38.0 Å². The summed E-state index contributed by atoms with van der Waals surface area (Å²) in [7, 11) is 1.59. The summed E-state index contributed by atoms with van der Waals surface area (Å²) in [5.41, 5.74) is 1.74. The summed E-state index contributed by atoms with van der Waals surface area (Å²) in [6.07, 6.45) is 0. The minimum atomic E-state index is 0.512. The van der Waals surface area contributed by atoms with Crippen LogP contribution in [0.3, 0.4) is 0 Å². The number of hydrogen-bond donors (Lipinski definition) is 1. The molecule has 0 unspecified atom stereocenters. The van der Waals surface area contributed by atoms with Crippen molar-refractivity contribution in [2.45, 2.75) is 6.92 Å². The van der Waals surface area contributed by atoms with Gasteiger partial charge in [-0.15, -0.1) is 0 Å². The second-order valence-electron chi connectivity index (χ2n) is 3.67. The molecule has 1 aromatic heterocycles. The zero-order valence-electron chi connectivity index (χ0n) is 9.75. The molecule has 0 saturated carbocycles. The Morgan fingerprint density at radius 2 is 2.17 bits per heavy atom. The molecule has 94 valence electrons. The fraction of sp³-hybridized carbons (Fsp3) is 0.167. The van der Waals surface area contributed by atoms with Gasteiger partial charge in [0.15, 0.2) is 0 Å². The Morgan fingerprint density at radius 1 is 1.44 bits per heavy atom. The number of aromatic amines is 1. The van der Waals surface area contributed by atoms with E-state index in [4.69, 9.17) is 28.6 Å². The number of nitrogens with zero attached hydrogens (tertiary/aromatic N) is 1. The molecule has 6 heteroatoms. The van der Waals surface area contributed by atoms with Crippen LogP contribution in [0, 0.1) is 11.6 Å². The highest BCUT2D eigenvalue weighted by Gasteiger charge is 2.10. The van der Waals surface area contributed by atoms with Crippen LogP contribution in [-0.2, 0) is 0 Å². The van der Waals surface area contributed by atoms with Crippen LogP contribution < -0.4 is 4.74 Å². The average Bonchev–Trinajstić information content (AvgIpc) is 2.35. The first kappa shape index (κ1) is 13.5. The van der Waals surface area contributed by atoms with Crippen molar-refractivity contribution >= 4 is 39.7 Å². The third-order valence-corrected chi connectivity index (χ3v) is 4.22. The molecule has 0 atom stereocenters. The van der Waals surface area contributed by atoms with E-state index < -0.39 is 0 Å². The van der Waals surface area contributed by atoms with Crippen molar-refractivity contribution in [1.82, 2.24) is 9.97 Å². The van der Waals surface area contributed by atoms with Gasteiger partial charge in [0.25, 0.3) is 0 Å². The van der Waals surface area contributed by atoms with Crippen molar-refractivity contribution in [3.63, 3.8) is 0 Å². The molecule has 1 heterocycles. The molecule has 1 N–H and O–H groups in total. The number of rotatable bonds is 2. The van der Waals surface area contributed by atoms with Crippen LogP contribution in [0.5, 0.6) is 5.75 Å². The molecule has 3 nitrogen and oxygen atoms in total. The van der Waals surface area contributed by atoms with Gasteiger partial charge in [-0.3, -0.25) is 0 Å². The maximum Gasteiger partial charge on any atom is 0.144 e. The highest BCUT2D eigenvalue weighted by molar-refractivity contribution is 9.10. The average molecular weight is 346 g/mol. The number of benzene rings is 1. The SMILES string of the molecule is COc1cc(Cl)ccc1-c1nc(=S)c(Br)c(C)[nH]1. The zero-order valence-corrected chi connectivity index (χ0v) is 12.9. The van der Waals surface area contributed by atoms with Gasteiger partial charge in [0.05, 0.1) is 17.1 Å². The van der Waals surface area contributed by atoms with Gasteiger partial charge in [-0.25, -0.2) is 4.98 Å². The van der Waals surface area contributed by atoms with Crippen molar-refractivity contribution in [2.24, 2.45) is 0 Å². The molecule has 18 heavy (non-hydrogen) atoms. The Kier molecular flexibility index (Phi) is 4.04. The number of hydrogen-bond acceptors (Lipinski definition) is 3. The minimum absolute atomic E-state index is 0.512. The van der Waals surface area contributed by atoms with Crippen molar-refractivity contribution in [3.8, 4) is 17.1 Å². The van der Waals surface area contributed by atoms with Crippen LogP contribution in [0.2, 0.25) is 5.02 Å². The molecular weight excluding hydrogens is 336 g/mol. The number of H-pyrrole nitrogens is 1. The first-order chi connectivity index (χ1) is 8.52. The van der Waals surface area contributed by atoms with Crippen molar-refractivity contribution in [1.29, 1.82) is 0 Å². The Labute approximate surface area is 123 Å². The summed E-state index contributed by atoms with van der Waals surface area (Å²) in [6.45, 7) is 1.92. The van der Waals surface area contributed by atoms with E-state index in [1.807, 2.05) is 13.0 Å². The maximum atomic E-state index is 5.93. The van der Waals surface area contributed by atoms with Crippen LogP contribution in [0.25, 0.3) is 11.4 Å². The van der Waals surface area contributed by atoms with Crippen LogP contribution in [0.4, 0.5) is 0 Å². The summed E-state index contributed by atoms with van der Waals surface area (Å²) in [5.74, 6) is 1.32. The van der Waals surface area contributed by atoms with E-state index in [1.165, 1.54) is 0 Å². The molecule has 0 radical (unpaired) electrons. The summed E-state index contributed by atoms with van der Waals surface area (Å²) < 4.78 is 6.61. The highest BCUT2D eigenvalue weighted by Crippen LogP contribution is 2.31. The maximum absolute atomic E-state index is 5.93. The van der Waals surface area contributed by atoms with Gasteiger partial charge in [-0.05, 0) is 41.1 Å². The van der Waals surface area contributed by atoms with Crippen LogP contribution in [0.15, 0.2) is 22.7 Å². The molecule has 0 amide bonds. The third-order valence-electron chi connectivity index (χ3n) is 2.45. The minimum Gasteiger partial charge on any atom is -0.496 e. The summed E-state index contributed by atoms with van der Waals surface area (Å²) in [4.78, 5) is 7.51. The van der Waals surface area contributed by atoms with E-state index in [1.54, 1.807) is 19.2 Å². The van der Waals surface area contributed by atoms with Gasteiger partial charge in [0.1, 0.15) is 16.2 Å². The molecule has 0 aliphatic rings. The van der Waals surface area contributed by atoms with E-state index >= 15 is 0 Å². The smallest absolute Gasteiger partial charge is 0.144 e. The molecule has 1 aromatic carbocycles. The van der Waals surface area contributed by atoms with E-state index in [2.05, 4.69) is 25.9 Å². The molecule has 0 spiro atoms. The lowest BCUT2D eigenvalue weighted by atomic mass is 10.2. The Bertz CT molecular complexity index is 657. The van der Waals surface area contributed by atoms with Gasteiger partial charge in [-0.2, -0.15) is 0 Å². The molecule has 0 aliphatic carbocycles. The predicted octanol–water partition coefficient (Wildman–Crippen LogP) is 4.54. The van der Waals surface area contributed by atoms with E-state index in [0.717, 1.165) is 15.7 Å². The molecular formula is C12H10BrClN2OS.